The largest absolute Gasteiger partial charge is 0.338 e. The Morgan fingerprint density at radius 3 is 2.61 bits per heavy atom. The summed E-state index contributed by atoms with van der Waals surface area (Å²) in [6.07, 6.45) is 5.17. The van der Waals surface area contributed by atoms with Crippen LogP contribution < -0.4 is 5.32 Å². The van der Waals surface area contributed by atoms with Gasteiger partial charge in [-0.25, -0.2) is 9.97 Å². The van der Waals surface area contributed by atoms with Gasteiger partial charge in [-0.2, -0.15) is 10.5 Å². The first kappa shape index (κ1) is 18.9. The number of fused-ring (bicyclic) bond motifs is 5. The molecule has 0 bridgehead atoms. The number of benzene rings is 1. The lowest BCUT2D eigenvalue weighted by molar-refractivity contribution is 1.25. The van der Waals surface area contributed by atoms with Gasteiger partial charge in [-0.15, -0.1) is 11.8 Å². The van der Waals surface area contributed by atoms with Gasteiger partial charge in [0.15, 0.2) is 0 Å². The molecule has 1 aromatic carbocycles. The summed E-state index contributed by atoms with van der Waals surface area (Å²) in [5.74, 6) is 2.00. The topological polar surface area (TPSA) is 114 Å². The Kier molecular flexibility index (Phi) is 4.62. The van der Waals surface area contributed by atoms with Crippen LogP contribution in [-0.2, 0) is 0 Å². The average Bonchev–Trinajstić information content (AvgIpc) is 3.18. The van der Waals surface area contributed by atoms with Crippen LogP contribution in [0.2, 0.25) is 0 Å². The van der Waals surface area contributed by atoms with E-state index in [4.69, 9.17) is 4.98 Å². The number of nitrogens with zero attached hydrogens (tertiary/aromatic N) is 5. The van der Waals surface area contributed by atoms with Crippen LogP contribution in [0.5, 0.6) is 0 Å². The molecule has 0 radical (unpaired) electrons. The molecule has 0 saturated heterocycles. The monoisotopic (exact) mass is 421 g/mol. The highest BCUT2D eigenvalue weighted by Gasteiger charge is 2.26. The van der Waals surface area contributed by atoms with Crippen molar-refractivity contribution in [2.45, 2.75) is 11.8 Å². The van der Waals surface area contributed by atoms with E-state index < -0.39 is 0 Å². The molecule has 0 fully saturated rings. The summed E-state index contributed by atoms with van der Waals surface area (Å²) in [4.78, 5) is 17.8. The number of pyridine rings is 2. The van der Waals surface area contributed by atoms with Gasteiger partial charge in [-0.05, 0) is 36.1 Å². The lowest BCUT2D eigenvalue weighted by Crippen LogP contribution is -1.97. The number of hydrogen-bond acceptors (Lipinski definition) is 7. The second-order valence-electron chi connectivity index (χ2n) is 6.80. The van der Waals surface area contributed by atoms with Crippen LogP contribution in [0.1, 0.15) is 18.1 Å². The van der Waals surface area contributed by atoms with Crippen LogP contribution in [0.3, 0.4) is 0 Å². The molecule has 0 unspecified atom stereocenters. The van der Waals surface area contributed by atoms with Crippen molar-refractivity contribution in [3.8, 4) is 46.0 Å². The van der Waals surface area contributed by atoms with Crippen LogP contribution in [0, 0.1) is 22.7 Å². The van der Waals surface area contributed by atoms with Crippen molar-refractivity contribution in [2.75, 3.05) is 11.1 Å². The zero-order valence-electron chi connectivity index (χ0n) is 16.5. The van der Waals surface area contributed by atoms with Crippen molar-refractivity contribution in [3.63, 3.8) is 0 Å². The van der Waals surface area contributed by atoms with Crippen molar-refractivity contribution in [1.82, 2.24) is 19.9 Å². The fraction of sp³-hybridized carbons (Fsp3) is 0.0870. The van der Waals surface area contributed by atoms with Gasteiger partial charge in [0, 0.05) is 28.4 Å². The van der Waals surface area contributed by atoms with Crippen LogP contribution in [0.15, 0.2) is 53.8 Å². The molecule has 0 spiro atoms. The predicted octanol–water partition coefficient (Wildman–Crippen LogP) is 5.11. The van der Waals surface area contributed by atoms with Gasteiger partial charge in [-0.3, -0.25) is 4.98 Å². The molecule has 1 aliphatic heterocycles. The van der Waals surface area contributed by atoms with E-state index in [9.17, 15) is 10.5 Å². The molecule has 148 valence electrons. The first-order valence-corrected chi connectivity index (χ1v) is 10.6. The molecule has 8 heteroatoms. The van der Waals surface area contributed by atoms with Gasteiger partial charge in [0.2, 0.25) is 0 Å². The number of aromatic amines is 1. The number of H-pyrrole nitrogens is 1. The Morgan fingerprint density at radius 1 is 1.06 bits per heavy atom. The molecule has 4 heterocycles. The van der Waals surface area contributed by atoms with Crippen LogP contribution >= 0.6 is 11.8 Å². The summed E-state index contributed by atoms with van der Waals surface area (Å²) < 4.78 is 0. The van der Waals surface area contributed by atoms with E-state index in [1.54, 1.807) is 30.4 Å². The third-order valence-corrected chi connectivity index (χ3v) is 5.87. The average molecular weight is 421 g/mol. The number of aromatic nitrogens is 4. The molecule has 0 atom stereocenters. The van der Waals surface area contributed by atoms with Crippen molar-refractivity contribution < 1.29 is 0 Å². The number of nitrogens with one attached hydrogen (secondary N) is 2. The zero-order chi connectivity index (χ0) is 21.4. The second kappa shape index (κ2) is 7.60. The quantitative estimate of drug-likeness (QED) is 0.389. The maximum atomic E-state index is 9.82. The van der Waals surface area contributed by atoms with E-state index in [2.05, 4.69) is 32.4 Å². The normalized spacial score (nSPS) is 11.2. The van der Waals surface area contributed by atoms with Crippen molar-refractivity contribution in [3.05, 3.63) is 60.0 Å². The Bertz CT molecular complexity index is 1310. The molecule has 4 aromatic rings. The molecule has 7 nitrogen and oxygen atoms in total. The summed E-state index contributed by atoms with van der Waals surface area (Å²) in [6, 6.07) is 13.8. The molecular formula is C23H15N7S. The van der Waals surface area contributed by atoms with Crippen molar-refractivity contribution in [1.29, 1.82) is 10.5 Å². The summed E-state index contributed by atoms with van der Waals surface area (Å²) in [6.45, 7) is 2.03. The summed E-state index contributed by atoms with van der Waals surface area (Å²) >= 11 is 1.59. The van der Waals surface area contributed by atoms with Gasteiger partial charge in [0.25, 0.3) is 0 Å². The predicted molar refractivity (Wildman–Crippen MR) is 120 cm³/mol. The lowest BCUT2D eigenvalue weighted by atomic mass is 10.0. The molecule has 31 heavy (non-hydrogen) atoms. The standard InChI is InChI=1S/C23H15N7S/c1-2-31-15-8-13(10-24)19(14(9-15)11-25)23-29-20-16-5-7-26-12-18(16)28-22-17(21(20)30-23)4-3-6-27-22/h3-9,12H,2H2,1H3,(H,27,28)(H,29,30). The van der Waals surface area contributed by atoms with E-state index in [0.29, 0.717) is 34.0 Å². The van der Waals surface area contributed by atoms with Crippen LogP contribution in [-0.4, -0.2) is 25.7 Å². The number of nitriles is 2. The zero-order valence-corrected chi connectivity index (χ0v) is 17.3. The fourth-order valence-electron chi connectivity index (χ4n) is 3.71. The minimum absolute atomic E-state index is 0.415. The highest BCUT2D eigenvalue weighted by molar-refractivity contribution is 7.99. The van der Waals surface area contributed by atoms with Crippen LogP contribution in [0.4, 0.5) is 11.5 Å². The highest BCUT2D eigenvalue weighted by Crippen LogP contribution is 2.43. The molecule has 0 saturated carbocycles. The first-order valence-electron chi connectivity index (χ1n) is 9.61. The molecular weight excluding hydrogens is 406 g/mol. The minimum Gasteiger partial charge on any atom is -0.338 e. The number of hydrogen-bond donors (Lipinski definition) is 2. The highest BCUT2D eigenvalue weighted by atomic mass is 32.2. The first-order chi connectivity index (χ1) is 15.2. The number of thioether (sulfide) groups is 1. The molecule has 5 rings (SSSR count). The molecule has 0 amide bonds. The van der Waals surface area contributed by atoms with E-state index in [1.807, 2.05) is 37.3 Å². The molecule has 2 N–H and O–H groups in total. The van der Waals surface area contributed by atoms with E-state index in [-0.39, 0.29) is 0 Å². The summed E-state index contributed by atoms with van der Waals surface area (Å²) in [5, 5.41) is 23.0. The van der Waals surface area contributed by atoms with Gasteiger partial charge in [0.1, 0.15) is 17.3 Å². The van der Waals surface area contributed by atoms with E-state index in [0.717, 1.165) is 33.2 Å². The van der Waals surface area contributed by atoms with Crippen molar-refractivity contribution >= 4 is 23.3 Å². The SMILES string of the molecule is CCSc1cc(C#N)c(-c2nc3c([nH]2)-c2ccncc2Nc2ncccc2-3)c(C#N)c1. The second-order valence-corrected chi connectivity index (χ2v) is 8.14. The van der Waals surface area contributed by atoms with Crippen LogP contribution in [0.25, 0.3) is 33.9 Å². The Morgan fingerprint density at radius 2 is 1.87 bits per heavy atom. The van der Waals surface area contributed by atoms with Gasteiger partial charge in [-0.1, -0.05) is 6.92 Å². The minimum atomic E-state index is 0.415. The molecule has 3 aromatic heterocycles. The van der Waals surface area contributed by atoms with E-state index in [1.165, 1.54) is 0 Å². The third-order valence-electron chi connectivity index (χ3n) is 5.01. The third kappa shape index (κ3) is 3.10. The van der Waals surface area contributed by atoms with Gasteiger partial charge in [0.05, 0.1) is 46.4 Å². The Balaban J connectivity index is 1.79. The smallest absolute Gasteiger partial charge is 0.141 e. The Labute approximate surface area is 182 Å². The maximum Gasteiger partial charge on any atom is 0.141 e. The van der Waals surface area contributed by atoms with Crippen molar-refractivity contribution in [2.24, 2.45) is 0 Å². The molecule has 1 aliphatic rings. The van der Waals surface area contributed by atoms with E-state index >= 15 is 0 Å². The summed E-state index contributed by atoms with van der Waals surface area (Å²) in [5.41, 5.74) is 5.33. The fourth-order valence-corrected chi connectivity index (χ4v) is 4.45. The maximum absolute atomic E-state index is 9.82. The molecule has 0 aliphatic carbocycles. The Hall–Kier alpha value is -4.14. The van der Waals surface area contributed by atoms with Gasteiger partial charge >= 0.3 is 0 Å². The number of anilines is 2. The summed E-state index contributed by atoms with van der Waals surface area (Å²) in [7, 11) is 0. The number of rotatable bonds is 3. The number of imidazole rings is 1. The lowest BCUT2D eigenvalue weighted by Gasteiger charge is -2.09. The van der Waals surface area contributed by atoms with Gasteiger partial charge < -0.3 is 10.3 Å².